The summed E-state index contributed by atoms with van der Waals surface area (Å²) in [4.78, 5) is 15.2. The van der Waals surface area contributed by atoms with Crippen LogP contribution in [-0.4, -0.2) is 32.0 Å². The molecule has 0 heterocycles. The van der Waals surface area contributed by atoms with Gasteiger partial charge in [0.1, 0.15) is 0 Å². The SMILES string of the molecule is CCN(C(=O)c1ccc(CS(C)(=O)=O)cc1)C(c1ccccc1)c1ccccc1. The largest absolute Gasteiger partial charge is 0.328 e. The van der Waals surface area contributed by atoms with E-state index in [-0.39, 0.29) is 17.7 Å². The van der Waals surface area contributed by atoms with Gasteiger partial charge in [-0.2, -0.15) is 0 Å². The third-order valence-corrected chi connectivity index (χ3v) is 5.63. The van der Waals surface area contributed by atoms with E-state index in [1.807, 2.05) is 72.5 Å². The van der Waals surface area contributed by atoms with Crippen molar-refractivity contribution in [1.82, 2.24) is 4.90 Å². The molecule has 0 aliphatic rings. The fraction of sp³-hybridized carbons (Fsp3) is 0.208. The smallest absolute Gasteiger partial charge is 0.254 e. The van der Waals surface area contributed by atoms with Gasteiger partial charge in [-0.05, 0) is 35.7 Å². The van der Waals surface area contributed by atoms with Crippen LogP contribution in [0.15, 0.2) is 84.9 Å². The van der Waals surface area contributed by atoms with Crippen molar-refractivity contribution in [3.63, 3.8) is 0 Å². The van der Waals surface area contributed by atoms with E-state index < -0.39 is 9.84 Å². The molecule has 0 spiro atoms. The van der Waals surface area contributed by atoms with Gasteiger partial charge in [0.05, 0.1) is 11.8 Å². The minimum atomic E-state index is -3.11. The number of rotatable bonds is 7. The zero-order valence-electron chi connectivity index (χ0n) is 16.7. The molecule has 0 bridgehead atoms. The molecule has 1 amide bonds. The lowest BCUT2D eigenvalue weighted by Gasteiger charge is -2.32. The highest BCUT2D eigenvalue weighted by atomic mass is 32.2. The Morgan fingerprint density at radius 3 is 1.72 bits per heavy atom. The molecule has 0 aliphatic carbocycles. The third kappa shape index (κ3) is 5.33. The van der Waals surface area contributed by atoms with Crippen LogP contribution in [-0.2, 0) is 15.6 Å². The molecular formula is C24H25NO3S. The fourth-order valence-corrected chi connectivity index (χ4v) is 4.28. The van der Waals surface area contributed by atoms with Crippen molar-refractivity contribution in [3.8, 4) is 0 Å². The summed E-state index contributed by atoms with van der Waals surface area (Å²) in [6.07, 6.45) is 1.20. The predicted molar refractivity (Wildman–Crippen MR) is 116 cm³/mol. The molecule has 0 N–H and O–H groups in total. The van der Waals surface area contributed by atoms with Crippen LogP contribution < -0.4 is 0 Å². The Kier molecular flexibility index (Phi) is 6.49. The maximum absolute atomic E-state index is 13.4. The first kappa shape index (κ1) is 20.8. The molecule has 0 saturated carbocycles. The van der Waals surface area contributed by atoms with Gasteiger partial charge in [-0.15, -0.1) is 0 Å². The fourth-order valence-electron chi connectivity index (χ4n) is 3.48. The Labute approximate surface area is 172 Å². The van der Waals surface area contributed by atoms with E-state index in [4.69, 9.17) is 0 Å². The minimum Gasteiger partial charge on any atom is -0.328 e. The van der Waals surface area contributed by atoms with Crippen molar-refractivity contribution in [2.75, 3.05) is 12.8 Å². The van der Waals surface area contributed by atoms with Crippen molar-refractivity contribution in [2.24, 2.45) is 0 Å². The zero-order valence-corrected chi connectivity index (χ0v) is 17.5. The first-order valence-electron chi connectivity index (χ1n) is 9.56. The third-order valence-electron chi connectivity index (χ3n) is 4.77. The molecule has 0 aliphatic heterocycles. The molecule has 0 atom stereocenters. The number of hydrogen-bond donors (Lipinski definition) is 0. The lowest BCUT2D eigenvalue weighted by atomic mass is 9.96. The Morgan fingerprint density at radius 1 is 0.828 bits per heavy atom. The van der Waals surface area contributed by atoms with E-state index in [2.05, 4.69) is 0 Å². The average molecular weight is 408 g/mol. The molecule has 29 heavy (non-hydrogen) atoms. The number of sulfone groups is 1. The van der Waals surface area contributed by atoms with Crippen LogP contribution in [0.2, 0.25) is 0 Å². The second kappa shape index (κ2) is 9.05. The molecular weight excluding hydrogens is 382 g/mol. The van der Waals surface area contributed by atoms with Crippen LogP contribution in [0.4, 0.5) is 0 Å². The van der Waals surface area contributed by atoms with Crippen LogP contribution in [0.3, 0.4) is 0 Å². The molecule has 0 aromatic heterocycles. The van der Waals surface area contributed by atoms with E-state index >= 15 is 0 Å². The van der Waals surface area contributed by atoms with E-state index in [9.17, 15) is 13.2 Å². The van der Waals surface area contributed by atoms with E-state index in [1.165, 1.54) is 6.26 Å². The van der Waals surface area contributed by atoms with Gasteiger partial charge in [0, 0.05) is 18.4 Å². The van der Waals surface area contributed by atoms with Crippen molar-refractivity contribution in [1.29, 1.82) is 0 Å². The molecule has 0 unspecified atom stereocenters. The van der Waals surface area contributed by atoms with Gasteiger partial charge in [-0.25, -0.2) is 8.42 Å². The van der Waals surface area contributed by atoms with E-state index in [1.54, 1.807) is 24.3 Å². The standard InChI is InChI=1S/C24H25NO3S/c1-3-25(24(26)22-16-14-19(15-17-22)18-29(2,27)28)23(20-10-6-4-7-11-20)21-12-8-5-9-13-21/h4-17,23H,3,18H2,1-2H3. The average Bonchev–Trinajstić information content (AvgIpc) is 2.72. The van der Waals surface area contributed by atoms with Crippen molar-refractivity contribution < 1.29 is 13.2 Å². The van der Waals surface area contributed by atoms with Crippen molar-refractivity contribution in [2.45, 2.75) is 18.7 Å². The van der Waals surface area contributed by atoms with Gasteiger partial charge < -0.3 is 4.90 Å². The minimum absolute atomic E-state index is 0.0321. The number of carbonyl (C=O) groups is 1. The molecule has 0 saturated heterocycles. The maximum Gasteiger partial charge on any atom is 0.254 e. The maximum atomic E-state index is 13.4. The molecule has 5 heteroatoms. The Balaban J connectivity index is 1.95. The lowest BCUT2D eigenvalue weighted by molar-refractivity contribution is 0.0717. The van der Waals surface area contributed by atoms with E-state index in [0.29, 0.717) is 17.7 Å². The topological polar surface area (TPSA) is 54.5 Å². The predicted octanol–water partition coefficient (Wildman–Crippen LogP) is 4.48. The quantitative estimate of drug-likeness (QED) is 0.580. The second-order valence-electron chi connectivity index (χ2n) is 7.08. The van der Waals surface area contributed by atoms with Crippen LogP contribution in [0, 0.1) is 0 Å². The molecule has 0 fully saturated rings. The zero-order chi connectivity index (χ0) is 20.9. The summed E-state index contributed by atoms with van der Waals surface area (Å²) in [6, 6.07) is 26.6. The Bertz CT molecular complexity index is 1010. The summed E-state index contributed by atoms with van der Waals surface area (Å²) in [5, 5.41) is 0. The summed E-state index contributed by atoms with van der Waals surface area (Å²) in [5.41, 5.74) is 3.31. The van der Waals surface area contributed by atoms with Gasteiger partial charge >= 0.3 is 0 Å². The lowest BCUT2D eigenvalue weighted by Crippen LogP contribution is -2.35. The normalized spacial score (nSPS) is 11.4. The number of hydrogen-bond acceptors (Lipinski definition) is 3. The first-order chi connectivity index (χ1) is 13.9. The molecule has 3 aromatic rings. The molecule has 3 rings (SSSR count). The monoisotopic (exact) mass is 407 g/mol. The summed E-state index contributed by atoms with van der Waals surface area (Å²) in [5.74, 6) is -0.119. The molecule has 0 radical (unpaired) electrons. The highest BCUT2D eigenvalue weighted by molar-refractivity contribution is 7.89. The highest BCUT2D eigenvalue weighted by Crippen LogP contribution is 2.30. The highest BCUT2D eigenvalue weighted by Gasteiger charge is 2.26. The Hall–Kier alpha value is -2.92. The number of amides is 1. The van der Waals surface area contributed by atoms with Crippen LogP contribution in [0.1, 0.15) is 40.0 Å². The summed E-state index contributed by atoms with van der Waals surface area (Å²) >= 11 is 0. The van der Waals surface area contributed by atoms with Crippen LogP contribution in [0.25, 0.3) is 0 Å². The molecule has 4 nitrogen and oxygen atoms in total. The summed E-state index contributed by atoms with van der Waals surface area (Å²) in [7, 11) is -3.11. The van der Waals surface area contributed by atoms with Crippen LogP contribution >= 0.6 is 0 Å². The summed E-state index contributed by atoms with van der Waals surface area (Å²) in [6.45, 7) is 2.51. The Morgan fingerprint density at radius 2 is 1.31 bits per heavy atom. The number of carbonyl (C=O) groups excluding carboxylic acids is 1. The summed E-state index contributed by atoms with van der Waals surface area (Å²) < 4.78 is 23.0. The van der Waals surface area contributed by atoms with Gasteiger partial charge in [0.15, 0.2) is 9.84 Å². The first-order valence-corrected chi connectivity index (χ1v) is 11.6. The van der Waals surface area contributed by atoms with Crippen molar-refractivity contribution >= 4 is 15.7 Å². The van der Waals surface area contributed by atoms with Crippen LogP contribution in [0.5, 0.6) is 0 Å². The second-order valence-corrected chi connectivity index (χ2v) is 9.22. The molecule has 150 valence electrons. The number of benzene rings is 3. The van der Waals surface area contributed by atoms with Gasteiger partial charge in [0.25, 0.3) is 5.91 Å². The van der Waals surface area contributed by atoms with Gasteiger partial charge in [-0.1, -0.05) is 72.8 Å². The van der Waals surface area contributed by atoms with Gasteiger partial charge in [-0.3, -0.25) is 4.79 Å². The molecule has 3 aromatic carbocycles. The van der Waals surface area contributed by atoms with E-state index in [0.717, 1.165) is 11.1 Å². The number of nitrogens with zero attached hydrogens (tertiary/aromatic N) is 1. The van der Waals surface area contributed by atoms with Crippen molar-refractivity contribution in [3.05, 3.63) is 107 Å². The van der Waals surface area contributed by atoms with Gasteiger partial charge in [0.2, 0.25) is 0 Å².